The van der Waals surface area contributed by atoms with Gasteiger partial charge in [-0.2, -0.15) is 26.3 Å². The molecule has 1 rings (SSSR count). The number of aryl methyl sites for hydroxylation is 1. The van der Waals surface area contributed by atoms with E-state index in [0.717, 1.165) is 5.82 Å². The number of carbonyl (C=O) groups excluding carboxylic acids is 1. The SMILES string of the molecule is COCCOCCOC(=O)Cc1[nH]cc[n+]1C.O=S(=O)(NS(=O)(=O)C(F)(F)F)C(F)(F)F. The minimum absolute atomic E-state index is 0.238. The first kappa shape index (κ1) is 30.0. The fourth-order valence-electron chi connectivity index (χ4n) is 1.50. The van der Waals surface area contributed by atoms with Crippen molar-refractivity contribution in [3.8, 4) is 0 Å². The predicted molar refractivity (Wildman–Crippen MR) is 92.4 cm³/mol. The molecular weight excluding hydrogens is 504 g/mol. The van der Waals surface area contributed by atoms with E-state index in [9.17, 15) is 48.0 Å². The van der Waals surface area contributed by atoms with Crippen molar-refractivity contribution in [2.75, 3.05) is 33.5 Å². The van der Waals surface area contributed by atoms with Gasteiger partial charge in [0.05, 0.1) is 26.9 Å². The predicted octanol–water partition coefficient (Wildman–Crippen LogP) is -0.137. The third-order valence-electron chi connectivity index (χ3n) is 3.04. The molecule has 1 heterocycles. The van der Waals surface area contributed by atoms with Gasteiger partial charge in [0, 0.05) is 7.11 Å². The molecule has 0 atom stereocenters. The maximum atomic E-state index is 11.5. The first-order chi connectivity index (χ1) is 14.4. The van der Waals surface area contributed by atoms with E-state index in [0.29, 0.717) is 19.8 Å². The van der Waals surface area contributed by atoms with Crippen LogP contribution in [0.2, 0.25) is 0 Å². The van der Waals surface area contributed by atoms with E-state index in [1.165, 1.54) is 0 Å². The summed E-state index contributed by atoms with van der Waals surface area (Å²) in [5.74, 6) is 0.550. The van der Waals surface area contributed by atoms with Crippen molar-refractivity contribution >= 4 is 26.0 Å². The zero-order valence-electron chi connectivity index (χ0n) is 16.5. The second kappa shape index (κ2) is 12.3. The Labute approximate surface area is 178 Å². The number of alkyl halides is 6. The number of hydrogen-bond donors (Lipinski definition) is 2. The zero-order chi connectivity index (χ0) is 25.2. The average molecular weight is 524 g/mol. The maximum absolute atomic E-state index is 11.5. The van der Waals surface area contributed by atoms with Gasteiger partial charge in [-0.1, -0.05) is 4.13 Å². The number of nitrogens with zero attached hydrogens (tertiary/aromatic N) is 1. The number of methoxy groups -OCH3 is 1. The molecule has 0 aliphatic heterocycles. The third-order valence-corrected chi connectivity index (χ3v) is 6.01. The number of H-pyrrole nitrogens is 1. The van der Waals surface area contributed by atoms with Crippen LogP contribution < -0.4 is 8.69 Å². The molecule has 32 heavy (non-hydrogen) atoms. The number of nitrogens with one attached hydrogen (secondary N) is 2. The molecule has 0 spiro atoms. The van der Waals surface area contributed by atoms with Crippen LogP contribution in [-0.4, -0.2) is 72.3 Å². The monoisotopic (exact) mass is 524 g/mol. The van der Waals surface area contributed by atoms with Crippen molar-refractivity contribution in [1.29, 1.82) is 0 Å². The molecule has 1 aromatic rings. The summed E-state index contributed by atoms with van der Waals surface area (Å²) in [6.45, 7) is 1.73. The summed E-state index contributed by atoms with van der Waals surface area (Å²) >= 11 is 0. The smallest absolute Gasteiger partial charge is 0.463 e. The lowest BCUT2D eigenvalue weighted by atomic mass is 10.4. The van der Waals surface area contributed by atoms with Gasteiger partial charge in [0.2, 0.25) is 0 Å². The third kappa shape index (κ3) is 10.6. The first-order valence-electron chi connectivity index (χ1n) is 8.10. The van der Waals surface area contributed by atoms with Crippen molar-refractivity contribution in [2.24, 2.45) is 7.05 Å². The summed E-state index contributed by atoms with van der Waals surface area (Å²) in [6, 6.07) is 0. The summed E-state index contributed by atoms with van der Waals surface area (Å²) in [5.41, 5.74) is -12.3. The number of esters is 1. The van der Waals surface area contributed by atoms with E-state index in [1.807, 2.05) is 17.8 Å². The quantitative estimate of drug-likeness (QED) is 0.186. The Morgan fingerprint density at radius 1 is 1.00 bits per heavy atom. The van der Waals surface area contributed by atoms with E-state index in [2.05, 4.69) is 4.98 Å². The van der Waals surface area contributed by atoms with Gasteiger partial charge in [-0.25, -0.2) is 26.4 Å². The molecule has 1 aromatic heterocycles. The summed E-state index contributed by atoms with van der Waals surface area (Å²) < 4.78 is 125. The summed E-state index contributed by atoms with van der Waals surface area (Å²) in [5, 5.41) is 0. The highest BCUT2D eigenvalue weighted by molar-refractivity contribution is 8.05. The first-order valence-corrected chi connectivity index (χ1v) is 11.1. The van der Waals surface area contributed by atoms with Gasteiger partial charge in [0.25, 0.3) is 5.82 Å². The Kier molecular flexibility index (Phi) is 11.6. The average Bonchev–Trinajstić information content (AvgIpc) is 3.00. The van der Waals surface area contributed by atoms with Gasteiger partial charge in [-0.05, 0) is 0 Å². The van der Waals surface area contributed by atoms with Crippen molar-refractivity contribution in [1.82, 2.24) is 9.11 Å². The molecule has 0 fully saturated rings. The topological polar surface area (TPSA) is 145 Å². The number of rotatable bonds is 10. The highest BCUT2D eigenvalue weighted by Gasteiger charge is 2.55. The minimum atomic E-state index is -6.60. The summed E-state index contributed by atoms with van der Waals surface area (Å²) in [4.78, 5) is 14.4. The van der Waals surface area contributed by atoms with Gasteiger partial charge in [-0.3, -0.25) is 4.79 Å². The van der Waals surface area contributed by atoms with E-state index >= 15 is 0 Å². The van der Waals surface area contributed by atoms with Crippen molar-refractivity contribution in [3.05, 3.63) is 18.2 Å². The maximum Gasteiger partial charge on any atom is 0.512 e. The molecule has 0 aliphatic rings. The van der Waals surface area contributed by atoms with Crippen molar-refractivity contribution < 1.29 is 66.8 Å². The van der Waals surface area contributed by atoms with Crippen LogP contribution in [0.5, 0.6) is 0 Å². The van der Waals surface area contributed by atoms with Crippen LogP contribution in [0, 0.1) is 0 Å². The number of carbonyl (C=O) groups is 1. The second-order valence-electron chi connectivity index (χ2n) is 5.50. The lowest BCUT2D eigenvalue weighted by Gasteiger charge is -2.11. The molecule has 0 aliphatic carbocycles. The Morgan fingerprint density at radius 2 is 1.50 bits per heavy atom. The summed E-state index contributed by atoms with van der Waals surface area (Å²) in [7, 11) is -9.71. The van der Waals surface area contributed by atoms with Crippen LogP contribution in [0.3, 0.4) is 0 Å². The van der Waals surface area contributed by atoms with Gasteiger partial charge < -0.3 is 14.2 Å². The van der Waals surface area contributed by atoms with Gasteiger partial charge in [0.1, 0.15) is 25.4 Å². The molecule has 0 saturated heterocycles. The molecule has 0 amide bonds. The molecule has 11 nitrogen and oxygen atoms in total. The fourth-order valence-corrected chi connectivity index (χ4v) is 3.41. The highest BCUT2D eigenvalue weighted by atomic mass is 32.3. The number of ether oxygens (including phenoxy) is 3. The van der Waals surface area contributed by atoms with E-state index < -0.39 is 35.2 Å². The van der Waals surface area contributed by atoms with E-state index in [-0.39, 0.29) is 19.0 Å². The largest absolute Gasteiger partial charge is 0.512 e. The summed E-state index contributed by atoms with van der Waals surface area (Å²) in [6.07, 6.45) is 3.86. The normalized spacial score (nSPS) is 12.8. The van der Waals surface area contributed by atoms with Crippen LogP contribution in [0.25, 0.3) is 0 Å². The number of hydrogen-bond acceptors (Lipinski definition) is 8. The molecule has 0 unspecified atom stereocenters. The Hall–Kier alpha value is -1.96. The second-order valence-corrected chi connectivity index (χ2v) is 9.11. The number of sulfonamides is 2. The number of imidazole rings is 1. The number of aromatic nitrogens is 2. The van der Waals surface area contributed by atoms with E-state index in [1.54, 1.807) is 13.3 Å². The van der Waals surface area contributed by atoms with Crippen LogP contribution in [0.1, 0.15) is 5.82 Å². The molecule has 0 bridgehead atoms. The highest BCUT2D eigenvalue weighted by Crippen LogP contribution is 2.27. The Balaban J connectivity index is 0.000000607. The molecule has 2 N–H and O–H groups in total. The van der Waals surface area contributed by atoms with E-state index in [4.69, 9.17) is 14.2 Å². The lowest BCUT2D eigenvalue weighted by Crippen LogP contribution is -2.45. The van der Waals surface area contributed by atoms with Crippen molar-refractivity contribution in [3.63, 3.8) is 0 Å². The lowest BCUT2D eigenvalue weighted by molar-refractivity contribution is -0.677. The number of halogens is 6. The minimum Gasteiger partial charge on any atom is -0.463 e. The van der Waals surface area contributed by atoms with Crippen LogP contribution in [0.15, 0.2) is 12.4 Å². The van der Waals surface area contributed by atoms with Crippen molar-refractivity contribution in [2.45, 2.75) is 17.4 Å². The Morgan fingerprint density at radius 3 is 1.91 bits per heavy atom. The molecule has 0 radical (unpaired) electrons. The Bertz CT molecular complexity index is 886. The van der Waals surface area contributed by atoms with Crippen LogP contribution in [-0.2, 0) is 52.5 Å². The molecule has 19 heteroatoms. The molecule has 0 aromatic carbocycles. The molecule has 0 saturated carbocycles. The van der Waals surface area contributed by atoms with Gasteiger partial charge >= 0.3 is 37.0 Å². The standard InChI is InChI=1S/C11H18N2O4.C2HF6NO4S2/c1-13-4-3-12-10(13)9-11(14)17-8-7-16-6-5-15-2;3-1(4,5)14(10,11)9-15(12,13)2(6,7)8/h3-4H,5-9H2,1-2H3;9H/p+1. The fraction of sp³-hybridized carbons (Fsp3) is 0.692. The van der Waals surface area contributed by atoms with Crippen LogP contribution >= 0.6 is 0 Å². The van der Waals surface area contributed by atoms with Gasteiger partial charge in [0.15, 0.2) is 0 Å². The zero-order valence-corrected chi connectivity index (χ0v) is 18.1. The molecular formula is C13H20F6N3O8S2+. The van der Waals surface area contributed by atoms with Gasteiger partial charge in [-0.15, -0.1) is 0 Å². The van der Waals surface area contributed by atoms with Crippen LogP contribution in [0.4, 0.5) is 26.3 Å². The molecule has 188 valence electrons. The number of aromatic amines is 1.